The first-order chi connectivity index (χ1) is 8.21. The summed E-state index contributed by atoms with van der Waals surface area (Å²) in [6, 6.07) is 1.58. The quantitative estimate of drug-likeness (QED) is 0.855. The van der Waals surface area contributed by atoms with Crippen molar-refractivity contribution in [2.45, 2.75) is 12.6 Å². The molecule has 0 saturated carbocycles. The second kappa shape index (κ2) is 5.19. The number of carboxylic acids is 1. The molecule has 1 rings (SSSR count). The van der Waals surface area contributed by atoms with Crippen LogP contribution in [0.15, 0.2) is 18.2 Å². The zero-order valence-corrected chi connectivity index (χ0v) is 8.67. The van der Waals surface area contributed by atoms with Crippen LogP contribution in [0, 0.1) is 0 Å². The van der Waals surface area contributed by atoms with E-state index >= 15 is 0 Å². The molecule has 100 valence electrons. The maximum Gasteiger partial charge on any atom is 0.416 e. The van der Waals surface area contributed by atoms with Gasteiger partial charge in [-0.15, -0.1) is 0 Å². The molecule has 0 heterocycles. The van der Waals surface area contributed by atoms with Crippen LogP contribution >= 0.6 is 0 Å². The molecule has 18 heavy (non-hydrogen) atoms. The van der Waals surface area contributed by atoms with Crippen molar-refractivity contribution in [3.8, 4) is 5.75 Å². The van der Waals surface area contributed by atoms with Crippen LogP contribution in [0.25, 0.3) is 0 Å². The van der Waals surface area contributed by atoms with Gasteiger partial charge in [-0.05, 0) is 18.2 Å². The van der Waals surface area contributed by atoms with E-state index in [4.69, 9.17) is 5.11 Å². The molecule has 0 radical (unpaired) electrons. The number of alkyl halides is 5. The molecule has 0 unspecified atom stereocenters. The molecule has 0 aliphatic carbocycles. The van der Waals surface area contributed by atoms with Crippen LogP contribution in [0.2, 0.25) is 0 Å². The van der Waals surface area contributed by atoms with E-state index in [1.807, 2.05) is 0 Å². The normalized spacial score (nSPS) is 11.7. The SMILES string of the molecule is O=C(O)c1ccc(C(F)(F)F)cc1OCC(F)F. The number of aromatic carboxylic acids is 1. The van der Waals surface area contributed by atoms with Gasteiger partial charge in [0.05, 0.1) is 5.56 Å². The molecule has 0 aromatic heterocycles. The molecule has 1 aromatic carbocycles. The number of ether oxygens (including phenoxy) is 1. The zero-order valence-electron chi connectivity index (χ0n) is 8.67. The van der Waals surface area contributed by atoms with Crippen molar-refractivity contribution >= 4 is 5.97 Å². The standard InChI is InChI=1S/C10H7F5O3/c11-8(12)4-18-7-3-5(10(13,14)15)1-2-6(7)9(16)17/h1-3,8H,4H2,(H,16,17). The fourth-order valence-electron chi connectivity index (χ4n) is 1.15. The summed E-state index contributed by atoms with van der Waals surface area (Å²) in [5, 5.41) is 8.68. The Kier molecular flexibility index (Phi) is 4.10. The Morgan fingerprint density at radius 2 is 1.94 bits per heavy atom. The van der Waals surface area contributed by atoms with Gasteiger partial charge in [-0.3, -0.25) is 0 Å². The Hall–Kier alpha value is -1.86. The first-order valence-corrected chi connectivity index (χ1v) is 4.57. The summed E-state index contributed by atoms with van der Waals surface area (Å²) < 4.78 is 65.2. The number of benzene rings is 1. The maximum absolute atomic E-state index is 12.3. The Morgan fingerprint density at radius 3 is 2.39 bits per heavy atom. The first-order valence-electron chi connectivity index (χ1n) is 4.57. The van der Waals surface area contributed by atoms with E-state index in [1.165, 1.54) is 0 Å². The average Bonchev–Trinajstić information content (AvgIpc) is 2.24. The minimum Gasteiger partial charge on any atom is -0.487 e. The Balaban J connectivity index is 3.12. The summed E-state index contributed by atoms with van der Waals surface area (Å²) in [5.41, 5.74) is -1.78. The Labute approximate surface area is 97.8 Å². The molecular weight excluding hydrogens is 263 g/mol. The summed E-state index contributed by atoms with van der Waals surface area (Å²) >= 11 is 0. The van der Waals surface area contributed by atoms with Crippen LogP contribution in [-0.2, 0) is 6.18 Å². The van der Waals surface area contributed by atoms with Gasteiger partial charge in [-0.1, -0.05) is 0 Å². The van der Waals surface area contributed by atoms with Gasteiger partial charge in [-0.25, -0.2) is 13.6 Å². The highest BCUT2D eigenvalue weighted by molar-refractivity contribution is 5.91. The molecular formula is C10H7F5O3. The number of halogens is 5. The number of rotatable bonds is 4. The number of hydrogen-bond donors (Lipinski definition) is 1. The third kappa shape index (κ3) is 3.57. The summed E-state index contributed by atoms with van der Waals surface area (Å²) in [6.45, 7) is -1.18. The molecule has 0 aliphatic heterocycles. The summed E-state index contributed by atoms with van der Waals surface area (Å²) in [6.07, 6.45) is -7.62. The summed E-state index contributed by atoms with van der Waals surface area (Å²) in [5.74, 6) is -2.30. The molecule has 0 amide bonds. The highest BCUT2D eigenvalue weighted by atomic mass is 19.4. The van der Waals surface area contributed by atoms with Gasteiger partial charge in [0.1, 0.15) is 17.9 Å². The minimum absolute atomic E-state index is 0.381. The minimum atomic E-state index is -4.71. The highest BCUT2D eigenvalue weighted by Gasteiger charge is 2.32. The number of hydrogen-bond acceptors (Lipinski definition) is 2. The van der Waals surface area contributed by atoms with E-state index in [0.29, 0.717) is 18.2 Å². The summed E-state index contributed by atoms with van der Waals surface area (Å²) in [4.78, 5) is 10.7. The van der Waals surface area contributed by atoms with E-state index in [0.717, 1.165) is 0 Å². The van der Waals surface area contributed by atoms with Gasteiger partial charge in [0.2, 0.25) is 0 Å². The zero-order chi connectivity index (χ0) is 13.9. The van der Waals surface area contributed by atoms with Crippen LogP contribution in [0.4, 0.5) is 22.0 Å². The third-order valence-electron chi connectivity index (χ3n) is 1.90. The fraction of sp³-hybridized carbons (Fsp3) is 0.300. The number of carbonyl (C=O) groups is 1. The van der Waals surface area contributed by atoms with Gasteiger partial charge >= 0.3 is 12.1 Å². The molecule has 0 saturated heterocycles. The Morgan fingerprint density at radius 1 is 1.33 bits per heavy atom. The predicted octanol–water partition coefficient (Wildman–Crippen LogP) is 3.05. The Bertz CT molecular complexity index is 442. The molecule has 3 nitrogen and oxygen atoms in total. The van der Waals surface area contributed by atoms with Crippen molar-refractivity contribution in [2.75, 3.05) is 6.61 Å². The molecule has 0 fully saturated rings. The van der Waals surface area contributed by atoms with Crippen LogP contribution in [-0.4, -0.2) is 24.1 Å². The molecule has 0 bridgehead atoms. The lowest BCUT2D eigenvalue weighted by atomic mass is 10.1. The molecule has 1 N–H and O–H groups in total. The third-order valence-corrected chi connectivity index (χ3v) is 1.90. The van der Waals surface area contributed by atoms with E-state index in [1.54, 1.807) is 0 Å². The topological polar surface area (TPSA) is 46.5 Å². The van der Waals surface area contributed by atoms with Crippen molar-refractivity contribution in [3.05, 3.63) is 29.3 Å². The maximum atomic E-state index is 12.3. The van der Waals surface area contributed by atoms with Crippen LogP contribution in [0.1, 0.15) is 15.9 Å². The predicted molar refractivity (Wildman–Crippen MR) is 49.9 cm³/mol. The second-order valence-electron chi connectivity index (χ2n) is 3.22. The van der Waals surface area contributed by atoms with Gasteiger partial charge in [0, 0.05) is 0 Å². The van der Waals surface area contributed by atoms with Gasteiger partial charge in [-0.2, -0.15) is 13.2 Å². The van der Waals surface area contributed by atoms with E-state index in [-0.39, 0.29) is 0 Å². The lowest BCUT2D eigenvalue weighted by molar-refractivity contribution is -0.137. The highest BCUT2D eigenvalue weighted by Crippen LogP contribution is 2.33. The number of carboxylic acid groups (broad SMARTS) is 1. The first kappa shape index (κ1) is 14.2. The monoisotopic (exact) mass is 270 g/mol. The van der Waals surface area contributed by atoms with Crippen LogP contribution in [0.3, 0.4) is 0 Å². The van der Waals surface area contributed by atoms with Gasteiger partial charge in [0.15, 0.2) is 0 Å². The molecule has 0 atom stereocenters. The molecule has 1 aromatic rings. The van der Waals surface area contributed by atoms with Crippen molar-refractivity contribution in [3.63, 3.8) is 0 Å². The van der Waals surface area contributed by atoms with Crippen LogP contribution in [0.5, 0.6) is 5.75 Å². The molecule has 8 heteroatoms. The summed E-state index contributed by atoms with van der Waals surface area (Å²) in [7, 11) is 0. The van der Waals surface area contributed by atoms with E-state index in [2.05, 4.69) is 4.74 Å². The lowest BCUT2D eigenvalue weighted by Crippen LogP contribution is -2.12. The van der Waals surface area contributed by atoms with Gasteiger partial charge < -0.3 is 9.84 Å². The van der Waals surface area contributed by atoms with Crippen molar-refractivity contribution < 1.29 is 36.6 Å². The van der Waals surface area contributed by atoms with Gasteiger partial charge in [0.25, 0.3) is 6.43 Å². The lowest BCUT2D eigenvalue weighted by Gasteiger charge is -2.12. The van der Waals surface area contributed by atoms with Crippen molar-refractivity contribution in [1.82, 2.24) is 0 Å². The second-order valence-corrected chi connectivity index (χ2v) is 3.22. The molecule has 0 aliphatic rings. The van der Waals surface area contributed by atoms with Crippen molar-refractivity contribution in [1.29, 1.82) is 0 Å². The smallest absolute Gasteiger partial charge is 0.416 e. The fourth-order valence-corrected chi connectivity index (χ4v) is 1.15. The average molecular weight is 270 g/mol. The molecule has 0 spiro atoms. The van der Waals surface area contributed by atoms with E-state index < -0.39 is 42.1 Å². The van der Waals surface area contributed by atoms with Crippen LogP contribution < -0.4 is 4.74 Å². The largest absolute Gasteiger partial charge is 0.487 e. The van der Waals surface area contributed by atoms with E-state index in [9.17, 15) is 26.7 Å². The van der Waals surface area contributed by atoms with Crippen molar-refractivity contribution in [2.24, 2.45) is 0 Å².